The standard InChI is InChI=1S/C16H14Cl3N/c17-12-6-5-11(14(18)8-12)9-20-16-13-4-2-1-3-10(13)7-15(16)19/h1-6,8,15-16,20H,7,9H2. The number of hydrogen-bond donors (Lipinski definition) is 1. The number of alkyl halides is 1. The fourth-order valence-corrected chi connectivity index (χ4v) is 3.54. The molecule has 2 atom stereocenters. The SMILES string of the molecule is Clc1ccc(CNC2c3ccccc3CC2Cl)c(Cl)c1. The van der Waals surface area contributed by atoms with E-state index in [0.29, 0.717) is 16.6 Å². The lowest BCUT2D eigenvalue weighted by atomic mass is 10.1. The predicted octanol–water partition coefficient (Wildman–Crippen LogP) is 4.99. The molecule has 2 aromatic carbocycles. The average molecular weight is 327 g/mol. The lowest BCUT2D eigenvalue weighted by Gasteiger charge is -2.18. The molecule has 2 unspecified atom stereocenters. The molecule has 0 radical (unpaired) electrons. The normalized spacial score (nSPS) is 20.9. The molecule has 20 heavy (non-hydrogen) atoms. The Hall–Kier alpha value is -0.730. The maximum atomic E-state index is 6.46. The van der Waals surface area contributed by atoms with Crippen molar-refractivity contribution >= 4 is 34.8 Å². The van der Waals surface area contributed by atoms with Gasteiger partial charge in [0.05, 0.1) is 5.38 Å². The monoisotopic (exact) mass is 325 g/mol. The quantitative estimate of drug-likeness (QED) is 0.784. The van der Waals surface area contributed by atoms with Crippen LogP contribution in [-0.4, -0.2) is 5.38 Å². The van der Waals surface area contributed by atoms with Crippen LogP contribution in [0.25, 0.3) is 0 Å². The largest absolute Gasteiger partial charge is 0.305 e. The highest BCUT2D eigenvalue weighted by Crippen LogP contribution is 2.35. The molecule has 0 spiro atoms. The summed E-state index contributed by atoms with van der Waals surface area (Å²) >= 11 is 18.6. The van der Waals surface area contributed by atoms with Crippen molar-refractivity contribution < 1.29 is 0 Å². The smallest absolute Gasteiger partial charge is 0.0571 e. The van der Waals surface area contributed by atoms with Gasteiger partial charge in [0.15, 0.2) is 0 Å². The summed E-state index contributed by atoms with van der Waals surface area (Å²) in [5.74, 6) is 0. The Morgan fingerprint density at radius 2 is 1.90 bits per heavy atom. The number of fused-ring (bicyclic) bond motifs is 1. The molecule has 0 saturated carbocycles. The molecular weight excluding hydrogens is 313 g/mol. The van der Waals surface area contributed by atoms with Gasteiger partial charge >= 0.3 is 0 Å². The summed E-state index contributed by atoms with van der Waals surface area (Å²) in [6, 6.07) is 14.1. The highest BCUT2D eigenvalue weighted by atomic mass is 35.5. The van der Waals surface area contributed by atoms with Crippen LogP contribution in [0.3, 0.4) is 0 Å². The van der Waals surface area contributed by atoms with Crippen molar-refractivity contribution in [2.75, 3.05) is 0 Å². The molecule has 0 heterocycles. The van der Waals surface area contributed by atoms with Crippen LogP contribution in [-0.2, 0) is 13.0 Å². The Bertz CT molecular complexity index is 627. The summed E-state index contributed by atoms with van der Waals surface area (Å²) in [7, 11) is 0. The van der Waals surface area contributed by atoms with Gasteiger partial charge in [-0.3, -0.25) is 0 Å². The van der Waals surface area contributed by atoms with Gasteiger partial charge in [-0.1, -0.05) is 53.5 Å². The van der Waals surface area contributed by atoms with Crippen LogP contribution in [0.2, 0.25) is 10.0 Å². The lowest BCUT2D eigenvalue weighted by molar-refractivity contribution is 0.536. The van der Waals surface area contributed by atoms with E-state index in [1.807, 2.05) is 12.1 Å². The van der Waals surface area contributed by atoms with Crippen LogP contribution in [0.5, 0.6) is 0 Å². The van der Waals surface area contributed by atoms with E-state index in [0.717, 1.165) is 12.0 Å². The molecule has 0 bridgehead atoms. The van der Waals surface area contributed by atoms with Gasteiger partial charge in [-0.05, 0) is 35.2 Å². The zero-order valence-corrected chi connectivity index (χ0v) is 13.0. The van der Waals surface area contributed by atoms with Gasteiger partial charge in [0, 0.05) is 22.6 Å². The first-order valence-corrected chi connectivity index (χ1v) is 7.73. The maximum Gasteiger partial charge on any atom is 0.0571 e. The van der Waals surface area contributed by atoms with Crippen LogP contribution in [0, 0.1) is 0 Å². The van der Waals surface area contributed by atoms with Crippen LogP contribution in [0.15, 0.2) is 42.5 Å². The fraction of sp³-hybridized carbons (Fsp3) is 0.250. The summed E-state index contributed by atoms with van der Waals surface area (Å²) in [6.07, 6.45) is 0.906. The third kappa shape index (κ3) is 2.82. The van der Waals surface area contributed by atoms with Gasteiger partial charge in [0.1, 0.15) is 0 Å². The minimum absolute atomic E-state index is 0.0819. The first-order chi connectivity index (χ1) is 9.65. The van der Waals surface area contributed by atoms with Crippen molar-refractivity contribution in [3.63, 3.8) is 0 Å². The van der Waals surface area contributed by atoms with Crippen LogP contribution >= 0.6 is 34.8 Å². The van der Waals surface area contributed by atoms with Gasteiger partial charge in [0.25, 0.3) is 0 Å². The summed E-state index contributed by atoms with van der Waals surface area (Å²) < 4.78 is 0. The van der Waals surface area contributed by atoms with Crippen LogP contribution in [0.4, 0.5) is 0 Å². The topological polar surface area (TPSA) is 12.0 Å². The van der Waals surface area contributed by atoms with E-state index in [1.54, 1.807) is 6.07 Å². The van der Waals surface area contributed by atoms with E-state index >= 15 is 0 Å². The number of rotatable bonds is 3. The number of halogens is 3. The molecule has 0 aliphatic heterocycles. The van der Waals surface area contributed by atoms with E-state index in [9.17, 15) is 0 Å². The Kier molecular flexibility index (Phi) is 4.23. The number of hydrogen-bond acceptors (Lipinski definition) is 1. The first-order valence-electron chi connectivity index (χ1n) is 6.54. The molecular formula is C16H14Cl3N. The van der Waals surface area contributed by atoms with Crippen molar-refractivity contribution in [1.82, 2.24) is 5.32 Å². The van der Waals surface area contributed by atoms with Gasteiger partial charge in [0.2, 0.25) is 0 Å². The van der Waals surface area contributed by atoms with E-state index in [4.69, 9.17) is 34.8 Å². The second-order valence-corrected chi connectivity index (χ2v) is 6.42. The third-order valence-corrected chi connectivity index (χ3v) is 4.69. The molecule has 1 aliphatic rings. The minimum Gasteiger partial charge on any atom is -0.305 e. The highest BCUT2D eigenvalue weighted by molar-refractivity contribution is 6.35. The average Bonchev–Trinajstić information content (AvgIpc) is 2.74. The number of benzene rings is 2. The van der Waals surface area contributed by atoms with E-state index in [2.05, 4.69) is 29.6 Å². The molecule has 1 N–H and O–H groups in total. The Morgan fingerprint density at radius 1 is 1.10 bits per heavy atom. The molecule has 0 amide bonds. The maximum absolute atomic E-state index is 6.46. The Labute approximate surface area is 133 Å². The molecule has 1 aliphatic carbocycles. The summed E-state index contributed by atoms with van der Waals surface area (Å²) in [6.45, 7) is 0.679. The second kappa shape index (κ2) is 5.95. The predicted molar refractivity (Wildman–Crippen MR) is 85.8 cm³/mol. The van der Waals surface area contributed by atoms with Crippen molar-refractivity contribution in [3.8, 4) is 0 Å². The fourth-order valence-electron chi connectivity index (χ4n) is 2.67. The zero-order valence-electron chi connectivity index (χ0n) is 10.7. The van der Waals surface area contributed by atoms with Gasteiger partial charge in [-0.2, -0.15) is 0 Å². The van der Waals surface area contributed by atoms with Crippen LogP contribution < -0.4 is 5.32 Å². The molecule has 104 valence electrons. The van der Waals surface area contributed by atoms with Crippen molar-refractivity contribution in [2.45, 2.75) is 24.4 Å². The van der Waals surface area contributed by atoms with E-state index in [-0.39, 0.29) is 11.4 Å². The van der Waals surface area contributed by atoms with Crippen LogP contribution in [0.1, 0.15) is 22.7 Å². The van der Waals surface area contributed by atoms with Gasteiger partial charge in [-0.15, -0.1) is 11.6 Å². The molecule has 0 aromatic heterocycles. The molecule has 0 fully saturated rings. The minimum atomic E-state index is 0.0819. The lowest BCUT2D eigenvalue weighted by Crippen LogP contribution is -2.25. The Morgan fingerprint density at radius 3 is 2.70 bits per heavy atom. The summed E-state index contributed by atoms with van der Waals surface area (Å²) in [5, 5.41) is 4.92. The molecule has 4 heteroatoms. The molecule has 3 rings (SSSR count). The van der Waals surface area contributed by atoms with Crippen molar-refractivity contribution in [1.29, 1.82) is 0 Å². The highest BCUT2D eigenvalue weighted by Gasteiger charge is 2.30. The summed E-state index contributed by atoms with van der Waals surface area (Å²) in [4.78, 5) is 0. The third-order valence-electron chi connectivity index (χ3n) is 3.69. The molecule has 1 nitrogen and oxygen atoms in total. The van der Waals surface area contributed by atoms with Gasteiger partial charge < -0.3 is 5.32 Å². The van der Waals surface area contributed by atoms with E-state index < -0.39 is 0 Å². The first kappa shape index (κ1) is 14.2. The number of nitrogens with one attached hydrogen (secondary N) is 1. The zero-order chi connectivity index (χ0) is 14.1. The summed E-state index contributed by atoms with van der Waals surface area (Å²) in [5.41, 5.74) is 3.65. The van der Waals surface area contributed by atoms with Crippen molar-refractivity contribution in [3.05, 3.63) is 69.2 Å². The molecule has 2 aromatic rings. The van der Waals surface area contributed by atoms with E-state index in [1.165, 1.54) is 11.1 Å². The Balaban J connectivity index is 1.75. The second-order valence-electron chi connectivity index (χ2n) is 5.01. The van der Waals surface area contributed by atoms with Gasteiger partial charge in [-0.25, -0.2) is 0 Å². The molecule has 0 saturated heterocycles. The van der Waals surface area contributed by atoms with Crippen molar-refractivity contribution in [2.24, 2.45) is 0 Å².